The average Bonchev–Trinajstić information content (AvgIpc) is 2.51. The Morgan fingerprint density at radius 3 is 2.17 bits per heavy atom. The van der Waals surface area contributed by atoms with Gasteiger partial charge in [-0.3, -0.25) is 14.4 Å². The maximum absolute atomic E-state index is 12.0. The van der Waals surface area contributed by atoms with E-state index in [4.69, 9.17) is 10.2 Å². The zero-order valence-electron chi connectivity index (χ0n) is 11.9. The fraction of sp³-hybridized carbons (Fsp3) is 0.286. The molecule has 0 spiro atoms. The van der Waals surface area contributed by atoms with Crippen LogP contribution in [0.3, 0.4) is 0 Å². The van der Waals surface area contributed by atoms with Crippen LogP contribution >= 0.6 is 22.6 Å². The van der Waals surface area contributed by atoms with Gasteiger partial charge in [-0.1, -0.05) is 22.6 Å². The molecule has 0 fully saturated rings. The van der Waals surface area contributed by atoms with Crippen LogP contribution in [0.1, 0.15) is 23.2 Å². The minimum Gasteiger partial charge on any atom is -0.481 e. The molecule has 0 aromatic heterocycles. The zero-order chi connectivity index (χ0) is 17.4. The van der Waals surface area contributed by atoms with E-state index in [0.717, 1.165) is 0 Å². The Morgan fingerprint density at radius 2 is 1.70 bits per heavy atom. The average molecular weight is 434 g/mol. The van der Waals surface area contributed by atoms with Gasteiger partial charge in [0, 0.05) is 17.7 Å². The van der Waals surface area contributed by atoms with Gasteiger partial charge in [0.2, 0.25) is 5.91 Å². The summed E-state index contributed by atoms with van der Waals surface area (Å²) in [5.41, 5.74) is 0.725. The summed E-state index contributed by atoms with van der Waals surface area (Å²) >= 11 is 1.92. The minimum atomic E-state index is -1.30. The summed E-state index contributed by atoms with van der Waals surface area (Å²) < 4.78 is 0.296. The number of aliphatic carboxylic acids is 2. The third-order valence-corrected chi connectivity index (χ3v) is 3.50. The Bertz CT molecular complexity index is 602. The van der Waals surface area contributed by atoms with Gasteiger partial charge in [-0.05, 0) is 30.7 Å². The number of rotatable bonds is 8. The van der Waals surface area contributed by atoms with E-state index in [-0.39, 0.29) is 24.3 Å². The third-order valence-electron chi connectivity index (χ3n) is 2.80. The topological polar surface area (TPSA) is 133 Å². The first-order valence-electron chi connectivity index (χ1n) is 6.55. The molecule has 0 radical (unpaired) electrons. The molecule has 0 bridgehead atoms. The van der Waals surface area contributed by atoms with Crippen LogP contribution in [0.5, 0.6) is 0 Å². The normalized spacial score (nSPS) is 11.3. The number of nitrogens with one attached hydrogen (secondary N) is 2. The van der Waals surface area contributed by atoms with Crippen molar-refractivity contribution >= 4 is 52.0 Å². The van der Waals surface area contributed by atoms with Crippen molar-refractivity contribution in [1.82, 2.24) is 5.32 Å². The molecule has 0 aliphatic rings. The molecule has 0 heterocycles. The molecule has 0 aliphatic carbocycles. The van der Waals surface area contributed by atoms with E-state index in [0.29, 0.717) is 10.1 Å². The number of carbonyl (C=O) groups is 4. The molecule has 0 unspecified atom stereocenters. The molecule has 9 heteroatoms. The van der Waals surface area contributed by atoms with Crippen LogP contribution in [0.4, 0.5) is 5.69 Å². The van der Waals surface area contributed by atoms with Crippen LogP contribution in [0.25, 0.3) is 0 Å². The molecule has 4 N–H and O–H groups in total. The molecule has 124 valence electrons. The van der Waals surface area contributed by atoms with Gasteiger partial charge >= 0.3 is 11.9 Å². The Morgan fingerprint density at radius 1 is 1.09 bits per heavy atom. The van der Waals surface area contributed by atoms with Crippen LogP contribution in [0.15, 0.2) is 24.3 Å². The van der Waals surface area contributed by atoms with E-state index >= 15 is 0 Å². The maximum Gasteiger partial charge on any atom is 0.326 e. The lowest BCUT2D eigenvalue weighted by atomic mass is 10.1. The van der Waals surface area contributed by atoms with Gasteiger partial charge in [-0.25, -0.2) is 4.79 Å². The molecule has 0 aliphatic heterocycles. The molecule has 1 aromatic carbocycles. The number of carbonyl (C=O) groups excluding carboxylic acids is 2. The van der Waals surface area contributed by atoms with Gasteiger partial charge in [-0.15, -0.1) is 0 Å². The first-order valence-corrected chi connectivity index (χ1v) is 8.07. The Kier molecular flexibility index (Phi) is 7.45. The monoisotopic (exact) mass is 434 g/mol. The molecule has 1 aromatic rings. The fourth-order valence-electron chi connectivity index (χ4n) is 1.67. The van der Waals surface area contributed by atoms with Crippen molar-refractivity contribution in [3.63, 3.8) is 0 Å². The predicted octanol–water partition coefficient (Wildman–Crippen LogP) is 1.11. The van der Waals surface area contributed by atoms with Gasteiger partial charge in [-0.2, -0.15) is 0 Å². The smallest absolute Gasteiger partial charge is 0.326 e. The van der Waals surface area contributed by atoms with Crippen LogP contribution in [0.2, 0.25) is 0 Å². The highest BCUT2D eigenvalue weighted by Crippen LogP contribution is 2.10. The summed E-state index contributed by atoms with van der Waals surface area (Å²) in [4.78, 5) is 44.7. The fourth-order valence-corrected chi connectivity index (χ4v) is 1.86. The second-order valence-corrected chi connectivity index (χ2v) is 5.32. The van der Waals surface area contributed by atoms with Crippen molar-refractivity contribution in [3.05, 3.63) is 29.8 Å². The maximum atomic E-state index is 12.0. The lowest BCUT2D eigenvalue weighted by Gasteiger charge is -2.13. The van der Waals surface area contributed by atoms with E-state index < -0.39 is 23.9 Å². The minimum absolute atomic E-state index is 0.178. The molecule has 1 rings (SSSR count). The van der Waals surface area contributed by atoms with Crippen molar-refractivity contribution < 1.29 is 29.4 Å². The molecule has 1 atom stereocenters. The number of benzene rings is 1. The highest BCUT2D eigenvalue weighted by molar-refractivity contribution is 14.1. The van der Waals surface area contributed by atoms with Crippen LogP contribution in [0, 0.1) is 0 Å². The van der Waals surface area contributed by atoms with Crippen molar-refractivity contribution in [1.29, 1.82) is 0 Å². The van der Waals surface area contributed by atoms with Crippen LogP contribution in [-0.2, 0) is 14.4 Å². The highest BCUT2D eigenvalue weighted by atomic mass is 127. The molecule has 0 saturated carbocycles. The molecule has 8 nitrogen and oxygen atoms in total. The number of halogens is 1. The number of anilines is 1. The van der Waals surface area contributed by atoms with Crippen LogP contribution < -0.4 is 10.6 Å². The highest BCUT2D eigenvalue weighted by Gasteiger charge is 2.21. The largest absolute Gasteiger partial charge is 0.481 e. The van der Waals surface area contributed by atoms with E-state index in [2.05, 4.69) is 10.6 Å². The lowest BCUT2D eigenvalue weighted by molar-refractivity contribution is -0.140. The summed E-state index contributed by atoms with van der Waals surface area (Å²) in [5, 5.41) is 22.5. The SMILES string of the molecule is O=C(O)CC[C@@H](NC(=O)c1ccc(NC(=O)CI)cc1)C(=O)O. The van der Waals surface area contributed by atoms with Gasteiger partial charge in [0.1, 0.15) is 6.04 Å². The van der Waals surface area contributed by atoms with Crippen molar-refractivity contribution in [2.24, 2.45) is 0 Å². The summed E-state index contributed by atoms with van der Waals surface area (Å²) in [6, 6.07) is 4.64. The van der Waals surface area contributed by atoms with Gasteiger partial charge in [0.05, 0.1) is 4.43 Å². The second kappa shape index (κ2) is 9.08. The van der Waals surface area contributed by atoms with Gasteiger partial charge in [0.25, 0.3) is 5.91 Å². The summed E-state index contributed by atoms with van der Waals surface area (Å²) in [6.07, 6.45) is -0.571. The molecule has 23 heavy (non-hydrogen) atoms. The number of hydrogen-bond donors (Lipinski definition) is 4. The van der Waals surface area contributed by atoms with Gasteiger partial charge in [0.15, 0.2) is 0 Å². The van der Waals surface area contributed by atoms with E-state index in [1.807, 2.05) is 22.6 Å². The summed E-state index contributed by atoms with van der Waals surface area (Å²) in [7, 11) is 0. The van der Waals surface area contributed by atoms with E-state index in [1.165, 1.54) is 24.3 Å². The summed E-state index contributed by atoms with van der Waals surface area (Å²) in [5.74, 6) is -3.25. The summed E-state index contributed by atoms with van der Waals surface area (Å²) in [6.45, 7) is 0. The molecular weight excluding hydrogens is 419 g/mol. The predicted molar refractivity (Wildman–Crippen MR) is 89.7 cm³/mol. The third kappa shape index (κ3) is 6.63. The second-order valence-electron chi connectivity index (χ2n) is 4.56. The lowest BCUT2D eigenvalue weighted by Crippen LogP contribution is -2.41. The zero-order valence-corrected chi connectivity index (χ0v) is 14.1. The van der Waals surface area contributed by atoms with Gasteiger partial charge < -0.3 is 20.8 Å². The number of carboxylic acids is 2. The van der Waals surface area contributed by atoms with Crippen molar-refractivity contribution in [2.45, 2.75) is 18.9 Å². The molecule has 0 saturated heterocycles. The number of hydrogen-bond acceptors (Lipinski definition) is 4. The Labute approximate surface area is 145 Å². The Balaban J connectivity index is 2.70. The number of amides is 2. The number of alkyl halides is 1. The standard InChI is InChI=1S/C14H15IN2O6/c15-7-11(18)16-9-3-1-8(2-4-9)13(21)17-10(14(22)23)5-6-12(19)20/h1-4,10H,5-7H2,(H,16,18)(H,17,21)(H,19,20)(H,22,23)/t10-/m1/s1. The van der Waals surface area contributed by atoms with E-state index in [1.54, 1.807) is 0 Å². The Hall–Kier alpha value is -2.17. The van der Waals surface area contributed by atoms with E-state index in [9.17, 15) is 19.2 Å². The first-order chi connectivity index (χ1) is 10.8. The quantitative estimate of drug-likeness (QED) is 0.358. The first kappa shape index (κ1) is 18.9. The molecule has 2 amide bonds. The van der Waals surface area contributed by atoms with Crippen molar-refractivity contribution in [3.8, 4) is 0 Å². The van der Waals surface area contributed by atoms with Crippen LogP contribution in [-0.4, -0.2) is 44.4 Å². The molecular formula is C14H15IN2O6. The van der Waals surface area contributed by atoms with Crippen molar-refractivity contribution in [2.75, 3.05) is 9.74 Å². The number of carboxylic acid groups (broad SMARTS) is 2.